The van der Waals surface area contributed by atoms with Crippen molar-refractivity contribution in [3.63, 3.8) is 0 Å². The van der Waals surface area contributed by atoms with Crippen molar-refractivity contribution >= 4 is 28.3 Å². The molecule has 3 N–H and O–H groups in total. The van der Waals surface area contributed by atoms with E-state index in [-0.39, 0.29) is 25.1 Å². The first-order chi connectivity index (χ1) is 7.63. The fourth-order valence-corrected chi connectivity index (χ4v) is 1.99. The van der Waals surface area contributed by atoms with Gasteiger partial charge in [-0.3, -0.25) is 0 Å². The maximum Gasteiger partial charge on any atom is 0.136 e. The van der Waals surface area contributed by atoms with E-state index in [9.17, 15) is 0 Å². The lowest BCUT2D eigenvalue weighted by Crippen LogP contribution is -2.13. The third-order valence-corrected chi connectivity index (χ3v) is 2.96. The maximum absolute atomic E-state index is 8.87. The molecular weight excluding hydrogens is 309 g/mol. The van der Waals surface area contributed by atoms with Gasteiger partial charge >= 0.3 is 0 Å². The second kappa shape index (κ2) is 7.76. The van der Waals surface area contributed by atoms with Crippen LogP contribution < -0.4 is 15.2 Å². The van der Waals surface area contributed by atoms with E-state index >= 15 is 0 Å². The van der Waals surface area contributed by atoms with Gasteiger partial charge in [-0.05, 0) is 28.4 Å². The van der Waals surface area contributed by atoms with Crippen molar-refractivity contribution in [2.24, 2.45) is 5.73 Å². The van der Waals surface area contributed by atoms with E-state index in [1.807, 2.05) is 6.07 Å². The topological polar surface area (TPSA) is 64.7 Å². The molecule has 1 aromatic rings. The molecule has 0 aliphatic rings. The highest BCUT2D eigenvalue weighted by Crippen LogP contribution is 2.35. The Kier molecular flexibility index (Phi) is 7.54. The lowest BCUT2D eigenvalue weighted by atomic mass is 10.0. The summed E-state index contributed by atoms with van der Waals surface area (Å²) in [5.74, 6) is 1.36. The smallest absolute Gasteiger partial charge is 0.136 e. The van der Waals surface area contributed by atoms with Crippen LogP contribution in [-0.4, -0.2) is 25.9 Å². The first-order valence-corrected chi connectivity index (χ1v) is 5.71. The molecule has 1 aromatic carbocycles. The van der Waals surface area contributed by atoms with Crippen molar-refractivity contribution in [1.29, 1.82) is 0 Å². The third kappa shape index (κ3) is 4.03. The van der Waals surface area contributed by atoms with Crippen LogP contribution in [0.3, 0.4) is 0 Å². The predicted molar refractivity (Wildman–Crippen MR) is 73.1 cm³/mol. The molecule has 17 heavy (non-hydrogen) atoms. The Morgan fingerprint density at radius 2 is 1.88 bits per heavy atom. The number of methoxy groups -OCH3 is 2. The summed E-state index contributed by atoms with van der Waals surface area (Å²) in [6, 6.07) is 3.39. The number of halogens is 2. The van der Waals surface area contributed by atoms with Gasteiger partial charge < -0.3 is 20.3 Å². The summed E-state index contributed by atoms with van der Waals surface area (Å²) in [7, 11) is 3.17. The zero-order valence-corrected chi connectivity index (χ0v) is 12.2. The van der Waals surface area contributed by atoms with Crippen LogP contribution in [0.4, 0.5) is 0 Å². The van der Waals surface area contributed by atoms with E-state index in [0.717, 1.165) is 10.0 Å². The van der Waals surface area contributed by atoms with Gasteiger partial charge in [0.1, 0.15) is 11.5 Å². The molecule has 1 atom stereocenters. The Labute approximate surface area is 116 Å². The summed E-state index contributed by atoms with van der Waals surface area (Å²) in [4.78, 5) is 0. The molecule has 0 fully saturated rings. The van der Waals surface area contributed by atoms with Crippen molar-refractivity contribution in [1.82, 2.24) is 0 Å². The largest absolute Gasteiger partial charge is 0.496 e. The molecule has 0 saturated carbocycles. The number of aliphatic hydroxyl groups excluding tert-OH is 1. The SMILES string of the molecule is COc1cc(OC)c(C(N)CCO)cc1Br.Cl. The number of hydrogen-bond acceptors (Lipinski definition) is 4. The van der Waals surface area contributed by atoms with Crippen molar-refractivity contribution in [3.8, 4) is 11.5 Å². The minimum absolute atomic E-state index is 0. The molecule has 6 heteroatoms. The average Bonchev–Trinajstić information content (AvgIpc) is 2.29. The monoisotopic (exact) mass is 325 g/mol. The second-order valence-corrected chi connectivity index (χ2v) is 4.20. The summed E-state index contributed by atoms with van der Waals surface area (Å²) >= 11 is 3.39. The predicted octanol–water partition coefficient (Wildman–Crippen LogP) is 2.27. The molecule has 0 aromatic heterocycles. The summed E-state index contributed by atoms with van der Waals surface area (Å²) in [5, 5.41) is 8.87. The molecule has 0 heterocycles. The molecular formula is C11H17BrClNO3. The van der Waals surface area contributed by atoms with Crippen LogP contribution in [0, 0.1) is 0 Å². The van der Waals surface area contributed by atoms with Gasteiger partial charge in [0.25, 0.3) is 0 Å². The number of ether oxygens (including phenoxy) is 2. The van der Waals surface area contributed by atoms with Gasteiger partial charge in [0.15, 0.2) is 0 Å². The molecule has 0 saturated heterocycles. The van der Waals surface area contributed by atoms with Gasteiger partial charge in [0.2, 0.25) is 0 Å². The number of rotatable bonds is 5. The zero-order chi connectivity index (χ0) is 12.1. The van der Waals surface area contributed by atoms with Crippen LogP contribution in [0.15, 0.2) is 16.6 Å². The zero-order valence-electron chi connectivity index (χ0n) is 9.77. The quantitative estimate of drug-likeness (QED) is 0.871. The summed E-state index contributed by atoms with van der Waals surface area (Å²) < 4.78 is 11.2. The molecule has 1 rings (SSSR count). The molecule has 0 bridgehead atoms. The van der Waals surface area contributed by atoms with E-state index in [0.29, 0.717) is 17.9 Å². The number of hydrogen-bond donors (Lipinski definition) is 2. The molecule has 0 radical (unpaired) electrons. The van der Waals surface area contributed by atoms with Crippen molar-refractivity contribution in [2.75, 3.05) is 20.8 Å². The first-order valence-electron chi connectivity index (χ1n) is 4.91. The highest BCUT2D eigenvalue weighted by molar-refractivity contribution is 9.10. The Balaban J connectivity index is 0.00000256. The van der Waals surface area contributed by atoms with Gasteiger partial charge in [-0.15, -0.1) is 12.4 Å². The molecule has 1 unspecified atom stereocenters. The van der Waals surface area contributed by atoms with Crippen LogP contribution >= 0.6 is 28.3 Å². The molecule has 0 aliphatic heterocycles. The fraction of sp³-hybridized carbons (Fsp3) is 0.455. The van der Waals surface area contributed by atoms with Crippen LogP contribution in [0.5, 0.6) is 11.5 Å². The Morgan fingerprint density at radius 1 is 1.29 bits per heavy atom. The Morgan fingerprint density at radius 3 is 2.35 bits per heavy atom. The maximum atomic E-state index is 8.87. The van der Waals surface area contributed by atoms with Gasteiger partial charge in [-0.1, -0.05) is 0 Å². The summed E-state index contributed by atoms with van der Waals surface area (Å²) in [6.45, 7) is 0.0496. The lowest BCUT2D eigenvalue weighted by Gasteiger charge is -2.16. The standard InChI is InChI=1S/C11H16BrNO3.ClH/c1-15-10-6-11(16-2)8(12)5-7(10)9(13)3-4-14;/h5-6,9,14H,3-4,13H2,1-2H3;1H. The average molecular weight is 327 g/mol. The van der Waals surface area contributed by atoms with Crippen LogP contribution in [0.2, 0.25) is 0 Å². The van der Waals surface area contributed by atoms with E-state index in [1.54, 1.807) is 20.3 Å². The van der Waals surface area contributed by atoms with Crippen LogP contribution in [-0.2, 0) is 0 Å². The van der Waals surface area contributed by atoms with Crippen molar-refractivity contribution in [2.45, 2.75) is 12.5 Å². The fourth-order valence-electron chi connectivity index (χ4n) is 1.47. The number of aliphatic hydroxyl groups is 1. The molecule has 4 nitrogen and oxygen atoms in total. The van der Waals surface area contributed by atoms with Crippen LogP contribution in [0.1, 0.15) is 18.0 Å². The summed E-state index contributed by atoms with van der Waals surface area (Å²) in [5.41, 5.74) is 6.79. The lowest BCUT2D eigenvalue weighted by molar-refractivity contribution is 0.275. The van der Waals surface area contributed by atoms with Gasteiger partial charge in [-0.25, -0.2) is 0 Å². The Hall–Kier alpha value is -0.490. The Bertz CT molecular complexity index is 363. The number of benzene rings is 1. The minimum Gasteiger partial charge on any atom is -0.496 e. The highest BCUT2D eigenvalue weighted by atomic mass is 79.9. The van der Waals surface area contributed by atoms with Crippen LogP contribution in [0.25, 0.3) is 0 Å². The van der Waals surface area contributed by atoms with E-state index in [4.69, 9.17) is 20.3 Å². The number of nitrogens with two attached hydrogens (primary N) is 1. The first kappa shape index (κ1) is 16.5. The molecule has 0 amide bonds. The van der Waals surface area contributed by atoms with Gasteiger partial charge in [0, 0.05) is 24.3 Å². The van der Waals surface area contributed by atoms with Gasteiger partial charge in [-0.2, -0.15) is 0 Å². The summed E-state index contributed by atoms with van der Waals surface area (Å²) in [6.07, 6.45) is 0.495. The van der Waals surface area contributed by atoms with E-state index < -0.39 is 0 Å². The highest BCUT2D eigenvalue weighted by Gasteiger charge is 2.15. The molecule has 0 spiro atoms. The molecule has 98 valence electrons. The minimum atomic E-state index is -0.248. The van der Waals surface area contributed by atoms with Crippen molar-refractivity contribution < 1.29 is 14.6 Å². The van der Waals surface area contributed by atoms with E-state index in [2.05, 4.69) is 15.9 Å². The molecule has 0 aliphatic carbocycles. The van der Waals surface area contributed by atoms with Crippen molar-refractivity contribution in [3.05, 3.63) is 22.2 Å². The third-order valence-electron chi connectivity index (χ3n) is 2.34. The normalized spacial score (nSPS) is 11.6. The van der Waals surface area contributed by atoms with E-state index in [1.165, 1.54) is 0 Å². The second-order valence-electron chi connectivity index (χ2n) is 3.35. The van der Waals surface area contributed by atoms with Gasteiger partial charge in [0.05, 0.1) is 18.7 Å².